The van der Waals surface area contributed by atoms with E-state index >= 15 is 0 Å². The zero-order valence-electron chi connectivity index (χ0n) is 14.4. The Morgan fingerprint density at radius 2 is 1.80 bits per heavy atom. The van der Waals surface area contributed by atoms with Gasteiger partial charge in [-0.2, -0.15) is 0 Å². The highest BCUT2D eigenvalue weighted by Gasteiger charge is 2.24. The molecular formula is C19H26ClN3OS+2. The van der Waals surface area contributed by atoms with E-state index in [0.717, 1.165) is 50.7 Å². The first-order chi connectivity index (χ1) is 12.2. The van der Waals surface area contributed by atoms with Crippen LogP contribution in [0, 0.1) is 0 Å². The van der Waals surface area contributed by atoms with E-state index in [1.807, 2.05) is 12.1 Å². The summed E-state index contributed by atoms with van der Waals surface area (Å²) in [4.78, 5) is 16.4. The van der Waals surface area contributed by atoms with Gasteiger partial charge in [-0.05, 0) is 30.0 Å². The molecule has 3 rings (SSSR count). The van der Waals surface area contributed by atoms with Crippen molar-refractivity contribution in [1.29, 1.82) is 0 Å². The molecule has 0 aliphatic carbocycles. The first-order valence-electron chi connectivity index (χ1n) is 8.90. The van der Waals surface area contributed by atoms with Gasteiger partial charge in [0.25, 0.3) is 5.91 Å². The third-order valence-corrected chi connectivity index (χ3v) is 5.90. The third-order valence-electron chi connectivity index (χ3n) is 4.72. The number of halogens is 1. The average molecular weight is 380 g/mol. The Morgan fingerprint density at radius 1 is 1.08 bits per heavy atom. The molecule has 1 amide bonds. The number of nitrogens with one attached hydrogen (secondary N) is 3. The summed E-state index contributed by atoms with van der Waals surface area (Å²) in [5, 5.41) is 5.92. The molecule has 0 unspecified atom stereocenters. The Hall–Kier alpha value is -1.40. The van der Waals surface area contributed by atoms with Crippen molar-refractivity contribution in [2.45, 2.75) is 13.0 Å². The standard InChI is InChI=1S/C19H24ClN3OS/c20-17-5-3-16(4-6-17)14-22-9-11-23(12-10-22)15-19(24)21-8-7-18-2-1-13-25-18/h1-6,13H,7-12,14-15H2,(H,21,24)/p+2. The fourth-order valence-electron chi connectivity index (χ4n) is 3.27. The van der Waals surface area contributed by atoms with Gasteiger partial charge in [-0.25, -0.2) is 0 Å². The maximum absolute atomic E-state index is 12.1. The van der Waals surface area contributed by atoms with Crippen LogP contribution in [0.3, 0.4) is 0 Å². The molecule has 4 nitrogen and oxygen atoms in total. The van der Waals surface area contributed by atoms with Crippen LogP contribution in [0.4, 0.5) is 0 Å². The minimum absolute atomic E-state index is 0.174. The lowest BCUT2D eigenvalue weighted by Crippen LogP contribution is -3.28. The van der Waals surface area contributed by atoms with E-state index in [9.17, 15) is 4.79 Å². The molecule has 1 aromatic carbocycles. The molecule has 6 heteroatoms. The maximum Gasteiger partial charge on any atom is 0.275 e. The highest BCUT2D eigenvalue weighted by Crippen LogP contribution is 2.08. The summed E-state index contributed by atoms with van der Waals surface area (Å²) in [7, 11) is 0. The molecule has 2 aromatic rings. The number of quaternary nitrogens is 2. The van der Waals surface area contributed by atoms with Gasteiger partial charge in [0, 0.05) is 22.0 Å². The van der Waals surface area contributed by atoms with Crippen molar-refractivity contribution in [2.75, 3.05) is 39.3 Å². The van der Waals surface area contributed by atoms with Crippen LogP contribution in [0.15, 0.2) is 41.8 Å². The fourth-order valence-corrected chi connectivity index (χ4v) is 4.11. The molecule has 0 bridgehead atoms. The number of benzene rings is 1. The summed E-state index contributed by atoms with van der Waals surface area (Å²) in [5.74, 6) is 0.174. The monoisotopic (exact) mass is 379 g/mol. The van der Waals surface area contributed by atoms with Gasteiger partial charge in [0.15, 0.2) is 6.54 Å². The summed E-state index contributed by atoms with van der Waals surface area (Å²) in [6, 6.07) is 12.3. The third kappa shape index (κ3) is 6.12. The number of thiophene rings is 1. The van der Waals surface area contributed by atoms with E-state index in [4.69, 9.17) is 11.6 Å². The average Bonchev–Trinajstić information content (AvgIpc) is 3.12. The van der Waals surface area contributed by atoms with E-state index in [2.05, 4.69) is 35.0 Å². The summed E-state index contributed by atoms with van der Waals surface area (Å²) in [6.07, 6.45) is 0.928. The topological polar surface area (TPSA) is 38.0 Å². The second kappa shape index (κ2) is 9.34. The minimum Gasteiger partial charge on any atom is -0.351 e. The first-order valence-corrected chi connectivity index (χ1v) is 10.2. The van der Waals surface area contributed by atoms with Crippen LogP contribution in [0.25, 0.3) is 0 Å². The number of piperazine rings is 1. The van der Waals surface area contributed by atoms with E-state index in [1.54, 1.807) is 16.2 Å². The van der Waals surface area contributed by atoms with Gasteiger partial charge in [-0.1, -0.05) is 29.8 Å². The second-order valence-electron chi connectivity index (χ2n) is 6.66. The van der Waals surface area contributed by atoms with Crippen molar-refractivity contribution in [3.05, 3.63) is 57.2 Å². The molecule has 3 N–H and O–H groups in total. The van der Waals surface area contributed by atoms with Gasteiger partial charge in [-0.3, -0.25) is 4.79 Å². The zero-order valence-corrected chi connectivity index (χ0v) is 16.0. The van der Waals surface area contributed by atoms with Gasteiger partial charge in [-0.15, -0.1) is 11.3 Å². The number of amides is 1. The smallest absolute Gasteiger partial charge is 0.275 e. The predicted molar refractivity (Wildman–Crippen MR) is 102 cm³/mol. The molecule has 2 heterocycles. The number of carbonyl (C=O) groups is 1. The SMILES string of the molecule is O=C(C[NH+]1CC[NH+](Cc2ccc(Cl)cc2)CC1)NCCc1cccs1. The van der Waals surface area contributed by atoms with Crippen LogP contribution in [0.2, 0.25) is 5.02 Å². The van der Waals surface area contributed by atoms with Crippen LogP contribution < -0.4 is 15.1 Å². The van der Waals surface area contributed by atoms with E-state index in [0.29, 0.717) is 6.54 Å². The first kappa shape index (κ1) is 18.4. The second-order valence-corrected chi connectivity index (χ2v) is 8.13. The summed E-state index contributed by atoms with van der Waals surface area (Å²) >= 11 is 7.68. The van der Waals surface area contributed by atoms with Crippen LogP contribution in [0.1, 0.15) is 10.4 Å². The number of hydrogen-bond acceptors (Lipinski definition) is 2. The molecule has 1 aromatic heterocycles. The van der Waals surface area contributed by atoms with E-state index in [-0.39, 0.29) is 5.91 Å². The van der Waals surface area contributed by atoms with Gasteiger partial charge in [0.1, 0.15) is 32.7 Å². The van der Waals surface area contributed by atoms with Crippen LogP contribution in [-0.4, -0.2) is 45.2 Å². The molecule has 1 saturated heterocycles. The predicted octanol–water partition coefficient (Wildman–Crippen LogP) is 0.0438. The molecule has 25 heavy (non-hydrogen) atoms. The Morgan fingerprint density at radius 3 is 2.48 bits per heavy atom. The maximum atomic E-state index is 12.1. The lowest BCUT2D eigenvalue weighted by atomic mass is 10.2. The normalized spacial score (nSPS) is 20.4. The molecule has 1 fully saturated rings. The molecule has 0 radical (unpaired) electrons. The van der Waals surface area contributed by atoms with E-state index < -0.39 is 0 Å². The molecule has 0 spiro atoms. The van der Waals surface area contributed by atoms with Gasteiger partial charge in [0.2, 0.25) is 0 Å². The summed E-state index contributed by atoms with van der Waals surface area (Å²) in [6.45, 7) is 6.71. The van der Waals surface area contributed by atoms with E-state index in [1.165, 1.54) is 15.3 Å². The Labute approximate surface area is 158 Å². The summed E-state index contributed by atoms with van der Waals surface area (Å²) < 4.78 is 0. The van der Waals surface area contributed by atoms with Crippen molar-refractivity contribution in [2.24, 2.45) is 0 Å². The number of rotatable bonds is 7. The van der Waals surface area contributed by atoms with Crippen LogP contribution in [-0.2, 0) is 17.8 Å². The van der Waals surface area contributed by atoms with Crippen molar-refractivity contribution < 1.29 is 14.6 Å². The van der Waals surface area contributed by atoms with Gasteiger partial charge in [0.05, 0.1) is 0 Å². The molecule has 1 aliphatic heterocycles. The van der Waals surface area contributed by atoms with Crippen molar-refractivity contribution in [3.63, 3.8) is 0 Å². The largest absolute Gasteiger partial charge is 0.351 e. The summed E-state index contributed by atoms with van der Waals surface area (Å²) in [5.41, 5.74) is 1.33. The number of hydrogen-bond donors (Lipinski definition) is 3. The lowest BCUT2D eigenvalue weighted by Gasteiger charge is -2.29. The highest BCUT2D eigenvalue weighted by atomic mass is 35.5. The quantitative estimate of drug-likeness (QED) is 0.624. The van der Waals surface area contributed by atoms with Crippen LogP contribution >= 0.6 is 22.9 Å². The van der Waals surface area contributed by atoms with Gasteiger partial charge >= 0.3 is 0 Å². The fraction of sp³-hybridized carbons (Fsp3) is 0.421. The molecule has 0 saturated carbocycles. The lowest BCUT2D eigenvalue weighted by molar-refractivity contribution is -1.02. The Balaban J connectivity index is 1.33. The number of carbonyl (C=O) groups excluding carboxylic acids is 1. The zero-order chi connectivity index (χ0) is 17.5. The van der Waals surface area contributed by atoms with Crippen molar-refractivity contribution in [1.82, 2.24) is 5.32 Å². The Kier molecular flexibility index (Phi) is 6.87. The molecule has 0 atom stereocenters. The molecular weight excluding hydrogens is 354 g/mol. The Bertz CT molecular complexity index is 652. The van der Waals surface area contributed by atoms with Crippen molar-refractivity contribution >= 4 is 28.8 Å². The van der Waals surface area contributed by atoms with Crippen LogP contribution in [0.5, 0.6) is 0 Å². The van der Waals surface area contributed by atoms with Gasteiger partial charge < -0.3 is 15.1 Å². The molecule has 1 aliphatic rings. The highest BCUT2D eigenvalue weighted by molar-refractivity contribution is 7.09. The molecule has 134 valence electrons. The minimum atomic E-state index is 0.174. The van der Waals surface area contributed by atoms with Crippen molar-refractivity contribution in [3.8, 4) is 0 Å².